The Morgan fingerprint density at radius 3 is 2.57 bits per heavy atom. The van der Waals surface area contributed by atoms with E-state index in [9.17, 15) is 17.6 Å². The van der Waals surface area contributed by atoms with Crippen LogP contribution >= 0.6 is 0 Å². The Kier molecular flexibility index (Phi) is 3.65. The minimum atomic E-state index is -3.88. The summed E-state index contributed by atoms with van der Waals surface area (Å²) in [5.41, 5.74) is 0.334. The molecule has 23 heavy (non-hydrogen) atoms. The second-order valence-electron chi connectivity index (χ2n) is 5.02. The fourth-order valence-electron chi connectivity index (χ4n) is 2.09. The summed E-state index contributed by atoms with van der Waals surface area (Å²) >= 11 is 0. The first-order valence-electron chi connectivity index (χ1n) is 6.68. The highest BCUT2D eigenvalue weighted by Crippen LogP contribution is 2.21. The zero-order chi connectivity index (χ0) is 16.6. The summed E-state index contributed by atoms with van der Waals surface area (Å²) in [6.07, 6.45) is 0. The largest absolute Gasteiger partial charge is 0.423 e. The van der Waals surface area contributed by atoms with E-state index in [1.54, 1.807) is 6.92 Å². The molecule has 0 bridgehead atoms. The SMILES string of the molecule is Cc1ccc(NS(=O)(=O)c2ccc3oc(=O)ccc3c2)cc1F. The predicted molar refractivity (Wildman–Crippen MR) is 84.4 cm³/mol. The van der Waals surface area contributed by atoms with Gasteiger partial charge < -0.3 is 4.42 Å². The molecule has 118 valence electrons. The molecular formula is C16H12FNO4S. The van der Waals surface area contributed by atoms with Gasteiger partial charge in [-0.3, -0.25) is 4.72 Å². The fourth-order valence-corrected chi connectivity index (χ4v) is 3.17. The number of rotatable bonds is 3. The molecule has 1 N–H and O–H groups in total. The fraction of sp³-hybridized carbons (Fsp3) is 0.0625. The first-order valence-corrected chi connectivity index (χ1v) is 8.16. The molecule has 0 unspecified atom stereocenters. The summed E-state index contributed by atoms with van der Waals surface area (Å²) in [6, 6.07) is 10.9. The van der Waals surface area contributed by atoms with Gasteiger partial charge in [-0.15, -0.1) is 0 Å². The van der Waals surface area contributed by atoms with E-state index in [1.165, 1.54) is 42.5 Å². The van der Waals surface area contributed by atoms with Gasteiger partial charge in [-0.25, -0.2) is 17.6 Å². The minimum absolute atomic E-state index is 0.0140. The molecule has 1 heterocycles. The molecule has 2 aromatic carbocycles. The van der Waals surface area contributed by atoms with Crippen molar-refractivity contribution in [1.29, 1.82) is 0 Å². The summed E-state index contributed by atoms with van der Waals surface area (Å²) in [7, 11) is -3.88. The van der Waals surface area contributed by atoms with Crippen molar-refractivity contribution in [3.8, 4) is 0 Å². The maximum Gasteiger partial charge on any atom is 0.336 e. The molecule has 0 aliphatic rings. The van der Waals surface area contributed by atoms with Gasteiger partial charge in [-0.05, 0) is 48.9 Å². The van der Waals surface area contributed by atoms with Crippen LogP contribution in [0.3, 0.4) is 0 Å². The normalized spacial score (nSPS) is 11.6. The number of hydrogen-bond donors (Lipinski definition) is 1. The van der Waals surface area contributed by atoms with Gasteiger partial charge in [0.2, 0.25) is 0 Å². The van der Waals surface area contributed by atoms with Crippen LogP contribution in [-0.2, 0) is 10.0 Å². The zero-order valence-electron chi connectivity index (χ0n) is 12.0. The van der Waals surface area contributed by atoms with Crippen LogP contribution < -0.4 is 10.3 Å². The lowest BCUT2D eigenvalue weighted by Crippen LogP contribution is -2.13. The summed E-state index contributed by atoms with van der Waals surface area (Å²) in [6.45, 7) is 1.59. The lowest BCUT2D eigenvalue weighted by atomic mass is 10.2. The summed E-state index contributed by atoms with van der Waals surface area (Å²) in [5, 5.41) is 0.475. The number of nitrogens with one attached hydrogen (secondary N) is 1. The minimum Gasteiger partial charge on any atom is -0.423 e. The van der Waals surface area contributed by atoms with Crippen LogP contribution in [0.5, 0.6) is 0 Å². The molecule has 0 atom stereocenters. The molecule has 1 aromatic heterocycles. The number of fused-ring (bicyclic) bond motifs is 1. The van der Waals surface area contributed by atoms with E-state index in [1.807, 2.05) is 0 Å². The molecule has 0 spiro atoms. The van der Waals surface area contributed by atoms with E-state index in [0.717, 1.165) is 6.07 Å². The second kappa shape index (κ2) is 5.51. The number of benzene rings is 2. The molecule has 0 amide bonds. The monoisotopic (exact) mass is 333 g/mol. The first-order chi connectivity index (χ1) is 10.8. The van der Waals surface area contributed by atoms with Crippen molar-refractivity contribution in [3.63, 3.8) is 0 Å². The number of anilines is 1. The van der Waals surface area contributed by atoms with Crippen LogP contribution in [0.4, 0.5) is 10.1 Å². The molecule has 0 fully saturated rings. The van der Waals surface area contributed by atoms with E-state index in [0.29, 0.717) is 10.9 Å². The molecule has 0 saturated carbocycles. The average Bonchev–Trinajstić information content (AvgIpc) is 2.50. The molecule has 3 aromatic rings. The van der Waals surface area contributed by atoms with Crippen molar-refractivity contribution in [2.45, 2.75) is 11.8 Å². The Bertz CT molecular complexity index is 1060. The number of aryl methyl sites for hydroxylation is 1. The molecule has 0 aliphatic carbocycles. The highest BCUT2D eigenvalue weighted by molar-refractivity contribution is 7.92. The second-order valence-corrected chi connectivity index (χ2v) is 6.71. The maximum atomic E-state index is 13.5. The van der Waals surface area contributed by atoms with E-state index in [2.05, 4.69) is 4.72 Å². The van der Waals surface area contributed by atoms with Crippen LogP contribution in [0, 0.1) is 12.7 Å². The van der Waals surface area contributed by atoms with E-state index < -0.39 is 21.5 Å². The first kappa shape index (κ1) is 15.2. The van der Waals surface area contributed by atoms with Gasteiger partial charge in [0.1, 0.15) is 11.4 Å². The summed E-state index contributed by atoms with van der Waals surface area (Å²) in [4.78, 5) is 11.1. The van der Waals surface area contributed by atoms with Crippen LogP contribution in [-0.4, -0.2) is 8.42 Å². The topological polar surface area (TPSA) is 76.4 Å². The lowest BCUT2D eigenvalue weighted by molar-refractivity contribution is 0.560. The van der Waals surface area contributed by atoms with Crippen molar-refractivity contribution in [1.82, 2.24) is 0 Å². The Morgan fingerprint density at radius 1 is 1.04 bits per heavy atom. The maximum absolute atomic E-state index is 13.5. The van der Waals surface area contributed by atoms with Crippen molar-refractivity contribution >= 4 is 26.7 Å². The molecule has 5 nitrogen and oxygen atoms in total. The quantitative estimate of drug-likeness (QED) is 0.748. The zero-order valence-corrected chi connectivity index (χ0v) is 12.9. The third-order valence-electron chi connectivity index (χ3n) is 3.33. The van der Waals surface area contributed by atoms with Gasteiger partial charge in [0.05, 0.1) is 10.6 Å². The van der Waals surface area contributed by atoms with Crippen molar-refractivity contribution in [3.05, 3.63) is 70.3 Å². The number of hydrogen-bond acceptors (Lipinski definition) is 4. The van der Waals surface area contributed by atoms with E-state index in [-0.39, 0.29) is 16.2 Å². The number of halogens is 1. The Balaban J connectivity index is 2.00. The molecular weight excluding hydrogens is 321 g/mol. The van der Waals surface area contributed by atoms with Crippen LogP contribution in [0.2, 0.25) is 0 Å². The van der Waals surface area contributed by atoms with Crippen LogP contribution in [0.25, 0.3) is 11.0 Å². The standard InChI is InChI=1S/C16H12FNO4S/c1-10-2-4-12(9-14(10)17)18-23(20,21)13-5-6-15-11(8-13)3-7-16(19)22-15/h2-9,18H,1H3. The predicted octanol–water partition coefficient (Wildman–Crippen LogP) is 3.04. The van der Waals surface area contributed by atoms with Gasteiger partial charge >= 0.3 is 5.63 Å². The average molecular weight is 333 g/mol. The Hall–Kier alpha value is -2.67. The van der Waals surface area contributed by atoms with E-state index >= 15 is 0 Å². The third kappa shape index (κ3) is 3.09. The Morgan fingerprint density at radius 2 is 1.83 bits per heavy atom. The van der Waals surface area contributed by atoms with Crippen molar-refractivity contribution in [2.24, 2.45) is 0 Å². The molecule has 3 rings (SSSR count). The third-order valence-corrected chi connectivity index (χ3v) is 4.70. The van der Waals surface area contributed by atoms with Gasteiger partial charge in [-0.1, -0.05) is 6.07 Å². The molecule has 0 saturated heterocycles. The van der Waals surface area contributed by atoms with Gasteiger partial charge in [-0.2, -0.15) is 0 Å². The van der Waals surface area contributed by atoms with Gasteiger partial charge in [0, 0.05) is 11.5 Å². The Labute approximate surface area is 131 Å². The highest BCUT2D eigenvalue weighted by Gasteiger charge is 2.16. The summed E-state index contributed by atoms with van der Waals surface area (Å²) in [5.74, 6) is -0.495. The highest BCUT2D eigenvalue weighted by atomic mass is 32.2. The lowest BCUT2D eigenvalue weighted by Gasteiger charge is -2.09. The van der Waals surface area contributed by atoms with Crippen LogP contribution in [0.15, 0.2) is 62.6 Å². The molecule has 0 radical (unpaired) electrons. The molecule has 0 aliphatic heterocycles. The van der Waals surface area contributed by atoms with Gasteiger partial charge in [0.25, 0.3) is 10.0 Å². The van der Waals surface area contributed by atoms with Crippen molar-refractivity contribution < 1.29 is 17.2 Å². The molecule has 7 heteroatoms. The number of sulfonamides is 1. The smallest absolute Gasteiger partial charge is 0.336 e. The van der Waals surface area contributed by atoms with Gasteiger partial charge in [0.15, 0.2) is 0 Å². The van der Waals surface area contributed by atoms with Crippen LogP contribution in [0.1, 0.15) is 5.56 Å². The summed E-state index contributed by atoms with van der Waals surface area (Å²) < 4.78 is 45.6. The van der Waals surface area contributed by atoms with E-state index in [4.69, 9.17) is 4.42 Å². The van der Waals surface area contributed by atoms with Crippen molar-refractivity contribution in [2.75, 3.05) is 4.72 Å².